The fourth-order valence-electron chi connectivity index (χ4n) is 1.86. The minimum Gasteiger partial charge on any atom is -0.381 e. The molecule has 0 saturated carbocycles. The van der Waals surface area contributed by atoms with Gasteiger partial charge in [-0.2, -0.15) is 0 Å². The zero-order valence-electron chi connectivity index (χ0n) is 9.96. The highest BCUT2D eigenvalue weighted by Gasteiger charge is 2.16. The molecule has 0 aliphatic carbocycles. The second-order valence-corrected chi connectivity index (χ2v) is 5.00. The third-order valence-electron chi connectivity index (χ3n) is 2.76. The topological polar surface area (TPSA) is 52.0 Å². The molecule has 17 heavy (non-hydrogen) atoms. The molecule has 0 aliphatic heterocycles. The van der Waals surface area contributed by atoms with E-state index in [1.807, 2.05) is 18.2 Å². The molecule has 2 N–H and O–H groups in total. The predicted molar refractivity (Wildman–Crippen MR) is 72.8 cm³/mol. The summed E-state index contributed by atoms with van der Waals surface area (Å²) in [6, 6.07) is 6.10. The molecule has 0 amide bonds. The fourth-order valence-corrected chi connectivity index (χ4v) is 2.22. The first-order chi connectivity index (χ1) is 8.13. The van der Waals surface area contributed by atoms with Gasteiger partial charge in [0.05, 0.1) is 0 Å². The maximum absolute atomic E-state index is 5.84. The standard InChI is InChI=1S/C13H15BrN2O/c1-3-4-10-12(17-16-13(10)15)11-7-9(14)6-5-8(11)2/h5-7H,3-4H2,1-2H3,(H2,15,16). The van der Waals surface area contributed by atoms with Crippen LogP contribution in [-0.4, -0.2) is 5.16 Å². The van der Waals surface area contributed by atoms with Crippen LogP contribution in [0.15, 0.2) is 27.2 Å². The minimum atomic E-state index is 0.501. The van der Waals surface area contributed by atoms with Crippen molar-refractivity contribution in [1.29, 1.82) is 0 Å². The van der Waals surface area contributed by atoms with E-state index < -0.39 is 0 Å². The average Bonchev–Trinajstić information content (AvgIpc) is 2.65. The van der Waals surface area contributed by atoms with Crippen molar-refractivity contribution in [2.75, 3.05) is 5.73 Å². The molecular weight excluding hydrogens is 280 g/mol. The summed E-state index contributed by atoms with van der Waals surface area (Å²) < 4.78 is 6.40. The van der Waals surface area contributed by atoms with Gasteiger partial charge in [0.1, 0.15) is 0 Å². The largest absolute Gasteiger partial charge is 0.381 e. The monoisotopic (exact) mass is 294 g/mol. The van der Waals surface area contributed by atoms with Crippen molar-refractivity contribution in [3.05, 3.63) is 33.8 Å². The van der Waals surface area contributed by atoms with Gasteiger partial charge in [-0.25, -0.2) is 0 Å². The molecule has 0 radical (unpaired) electrons. The second kappa shape index (κ2) is 4.92. The summed E-state index contributed by atoms with van der Waals surface area (Å²) >= 11 is 3.47. The van der Waals surface area contributed by atoms with Gasteiger partial charge in [-0.05, 0) is 31.0 Å². The second-order valence-electron chi connectivity index (χ2n) is 4.08. The van der Waals surface area contributed by atoms with Crippen LogP contribution in [0.4, 0.5) is 5.82 Å². The summed E-state index contributed by atoms with van der Waals surface area (Å²) in [5, 5.41) is 3.87. The summed E-state index contributed by atoms with van der Waals surface area (Å²) in [5.41, 5.74) is 9.05. The Hall–Kier alpha value is -1.29. The lowest BCUT2D eigenvalue weighted by Gasteiger charge is -2.05. The number of nitrogens with two attached hydrogens (primary N) is 1. The number of hydrogen-bond acceptors (Lipinski definition) is 3. The summed E-state index contributed by atoms with van der Waals surface area (Å²) in [7, 11) is 0. The molecule has 0 aliphatic rings. The molecule has 0 bridgehead atoms. The maximum atomic E-state index is 5.84. The summed E-state index contributed by atoms with van der Waals surface area (Å²) in [6.07, 6.45) is 1.90. The SMILES string of the molecule is CCCc1c(N)noc1-c1cc(Br)ccc1C. The molecule has 4 heteroatoms. The predicted octanol–water partition coefficient (Wildman–Crippen LogP) is 3.95. The van der Waals surface area contributed by atoms with Gasteiger partial charge < -0.3 is 10.3 Å². The molecular formula is C13H15BrN2O. The maximum Gasteiger partial charge on any atom is 0.172 e. The lowest BCUT2D eigenvalue weighted by atomic mass is 10.0. The summed E-state index contributed by atoms with van der Waals surface area (Å²) in [6.45, 7) is 4.17. The van der Waals surface area contributed by atoms with Crippen molar-refractivity contribution in [2.24, 2.45) is 0 Å². The van der Waals surface area contributed by atoms with Gasteiger partial charge in [-0.3, -0.25) is 0 Å². The molecule has 1 aromatic heterocycles. The van der Waals surface area contributed by atoms with E-state index in [1.165, 1.54) is 0 Å². The minimum absolute atomic E-state index is 0.501. The Kier molecular flexibility index (Phi) is 3.52. The van der Waals surface area contributed by atoms with Crippen molar-refractivity contribution >= 4 is 21.7 Å². The first-order valence-electron chi connectivity index (χ1n) is 5.64. The fraction of sp³-hybridized carbons (Fsp3) is 0.308. The molecule has 0 fully saturated rings. The van der Waals surface area contributed by atoms with Crippen LogP contribution in [0.25, 0.3) is 11.3 Å². The quantitative estimate of drug-likeness (QED) is 0.932. The van der Waals surface area contributed by atoms with Crippen LogP contribution in [0.3, 0.4) is 0 Å². The van der Waals surface area contributed by atoms with Crippen molar-refractivity contribution in [2.45, 2.75) is 26.7 Å². The van der Waals surface area contributed by atoms with E-state index in [0.29, 0.717) is 5.82 Å². The number of benzene rings is 1. The molecule has 90 valence electrons. The van der Waals surface area contributed by atoms with Crippen LogP contribution >= 0.6 is 15.9 Å². The Morgan fingerprint density at radius 1 is 1.41 bits per heavy atom. The number of aryl methyl sites for hydroxylation is 1. The molecule has 0 spiro atoms. The van der Waals surface area contributed by atoms with E-state index in [0.717, 1.165) is 39.8 Å². The first kappa shape index (κ1) is 12.2. The lowest BCUT2D eigenvalue weighted by molar-refractivity contribution is 0.434. The molecule has 2 rings (SSSR count). The summed E-state index contributed by atoms with van der Waals surface area (Å²) in [4.78, 5) is 0. The van der Waals surface area contributed by atoms with Gasteiger partial charge in [0.25, 0.3) is 0 Å². The van der Waals surface area contributed by atoms with Crippen molar-refractivity contribution < 1.29 is 4.52 Å². The highest BCUT2D eigenvalue weighted by molar-refractivity contribution is 9.10. The van der Waals surface area contributed by atoms with E-state index in [1.54, 1.807) is 0 Å². The van der Waals surface area contributed by atoms with Crippen LogP contribution < -0.4 is 5.73 Å². The zero-order valence-corrected chi connectivity index (χ0v) is 11.5. The number of hydrogen-bond donors (Lipinski definition) is 1. The molecule has 1 heterocycles. The number of nitrogen functional groups attached to an aromatic ring is 1. The van der Waals surface area contributed by atoms with Gasteiger partial charge in [-0.1, -0.05) is 40.5 Å². The molecule has 1 aromatic carbocycles. The first-order valence-corrected chi connectivity index (χ1v) is 6.43. The summed E-state index contributed by atoms with van der Waals surface area (Å²) in [5.74, 6) is 1.30. The highest BCUT2D eigenvalue weighted by Crippen LogP contribution is 2.32. The Morgan fingerprint density at radius 3 is 2.88 bits per heavy atom. The molecule has 0 atom stereocenters. The number of aromatic nitrogens is 1. The van der Waals surface area contributed by atoms with Gasteiger partial charge in [0, 0.05) is 15.6 Å². The van der Waals surface area contributed by atoms with E-state index >= 15 is 0 Å². The van der Waals surface area contributed by atoms with Crippen LogP contribution in [-0.2, 0) is 6.42 Å². The van der Waals surface area contributed by atoms with E-state index in [-0.39, 0.29) is 0 Å². The van der Waals surface area contributed by atoms with Crippen LogP contribution in [0.2, 0.25) is 0 Å². The third kappa shape index (κ3) is 2.36. The van der Waals surface area contributed by atoms with Gasteiger partial charge >= 0.3 is 0 Å². The van der Waals surface area contributed by atoms with Gasteiger partial charge in [-0.15, -0.1) is 0 Å². The lowest BCUT2D eigenvalue weighted by Crippen LogP contribution is -1.93. The third-order valence-corrected chi connectivity index (χ3v) is 3.26. The number of rotatable bonds is 3. The van der Waals surface area contributed by atoms with E-state index in [4.69, 9.17) is 10.3 Å². The Morgan fingerprint density at radius 2 is 2.18 bits per heavy atom. The van der Waals surface area contributed by atoms with Crippen LogP contribution in [0.5, 0.6) is 0 Å². The van der Waals surface area contributed by atoms with E-state index in [9.17, 15) is 0 Å². The Labute approximate surface area is 109 Å². The number of halogens is 1. The molecule has 0 unspecified atom stereocenters. The highest BCUT2D eigenvalue weighted by atomic mass is 79.9. The Bertz CT molecular complexity index is 534. The molecule has 0 saturated heterocycles. The van der Waals surface area contributed by atoms with Gasteiger partial charge in [0.15, 0.2) is 11.6 Å². The normalized spacial score (nSPS) is 10.8. The molecule has 3 nitrogen and oxygen atoms in total. The smallest absolute Gasteiger partial charge is 0.172 e. The van der Waals surface area contributed by atoms with Crippen molar-refractivity contribution in [3.63, 3.8) is 0 Å². The number of anilines is 1. The van der Waals surface area contributed by atoms with Crippen molar-refractivity contribution in [1.82, 2.24) is 5.16 Å². The zero-order chi connectivity index (χ0) is 12.4. The number of nitrogens with zero attached hydrogens (tertiary/aromatic N) is 1. The van der Waals surface area contributed by atoms with Crippen LogP contribution in [0.1, 0.15) is 24.5 Å². The van der Waals surface area contributed by atoms with Crippen LogP contribution in [0, 0.1) is 6.92 Å². The van der Waals surface area contributed by atoms with Gasteiger partial charge in [0.2, 0.25) is 0 Å². The van der Waals surface area contributed by atoms with E-state index in [2.05, 4.69) is 34.9 Å². The Balaban J connectivity index is 2.56. The van der Waals surface area contributed by atoms with Crippen molar-refractivity contribution in [3.8, 4) is 11.3 Å². The average molecular weight is 295 g/mol. The molecule has 2 aromatic rings.